The number of hydrogen-bond acceptors (Lipinski definition) is 7. The van der Waals surface area contributed by atoms with Crippen LogP contribution in [0.5, 0.6) is 0 Å². The number of rotatable bonds is 0. The number of Topliss-reactive ketones (excluding diaryl/α,β-unsaturated/α-hetero) is 2. The van der Waals surface area contributed by atoms with E-state index in [0.29, 0.717) is 48.8 Å². The molecule has 1 spiro atoms. The van der Waals surface area contributed by atoms with E-state index in [1.54, 1.807) is 0 Å². The predicted molar refractivity (Wildman–Crippen MR) is 131 cm³/mol. The monoisotopic (exact) mass is 502 g/mol. The number of ketones is 2. The maximum absolute atomic E-state index is 14.2. The molecule has 2 aliphatic heterocycles. The Balaban J connectivity index is 1.44. The predicted octanol–water partition coefficient (Wildman–Crippen LogP) is 3.09. The Morgan fingerprint density at radius 1 is 0.784 bits per heavy atom. The van der Waals surface area contributed by atoms with Gasteiger partial charge in [-0.05, 0) is 50.0 Å². The van der Waals surface area contributed by atoms with Crippen LogP contribution in [0.25, 0.3) is 0 Å². The van der Waals surface area contributed by atoms with Crippen LogP contribution in [0.1, 0.15) is 44.9 Å². The van der Waals surface area contributed by atoms with E-state index in [2.05, 4.69) is 26.3 Å². The van der Waals surface area contributed by atoms with E-state index in [9.17, 15) is 24.3 Å². The summed E-state index contributed by atoms with van der Waals surface area (Å²) in [6, 6.07) is 0. The van der Waals surface area contributed by atoms with Gasteiger partial charge in [0.1, 0.15) is 18.0 Å². The highest BCUT2D eigenvalue weighted by Gasteiger charge is 2.77. The van der Waals surface area contributed by atoms with E-state index in [-0.39, 0.29) is 42.0 Å². The molecule has 0 bridgehead atoms. The zero-order chi connectivity index (χ0) is 26.2. The first-order chi connectivity index (χ1) is 17.5. The van der Waals surface area contributed by atoms with Gasteiger partial charge in [-0.15, -0.1) is 0 Å². The zero-order valence-corrected chi connectivity index (χ0v) is 20.7. The second-order valence-corrected chi connectivity index (χ2v) is 12.0. The fourth-order valence-corrected chi connectivity index (χ4v) is 9.21. The highest BCUT2D eigenvalue weighted by molar-refractivity contribution is 6.14. The van der Waals surface area contributed by atoms with Gasteiger partial charge in [-0.1, -0.05) is 37.5 Å². The molecule has 0 aromatic carbocycles. The molecule has 3 saturated carbocycles. The van der Waals surface area contributed by atoms with Gasteiger partial charge in [-0.2, -0.15) is 0 Å². The van der Waals surface area contributed by atoms with Crippen LogP contribution >= 0.6 is 0 Å². The van der Waals surface area contributed by atoms with Crippen LogP contribution in [-0.2, 0) is 28.7 Å². The first kappa shape index (κ1) is 23.1. The van der Waals surface area contributed by atoms with Crippen molar-refractivity contribution >= 4 is 23.5 Å². The Hall–Kier alpha value is -3.06. The Morgan fingerprint density at radius 2 is 1.41 bits per heavy atom. The number of ether oxygens (including phenoxy) is 2. The van der Waals surface area contributed by atoms with Crippen molar-refractivity contribution in [3.05, 3.63) is 59.8 Å². The summed E-state index contributed by atoms with van der Waals surface area (Å²) in [6.07, 6.45) is 2.06. The van der Waals surface area contributed by atoms with Gasteiger partial charge in [0.2, 0.25) is 0 Å². The van der Waals surface area contributed by atoms with E-state index < -0.39 is 52.8 Å². The molecule has 7 nitrogen and oxygen atoms in total. The van der Waals surface area contributed by atoms with E-state index >= 15 is 0 Å². The van der Waals surface area contributed by atoms with Crippen LogP contribution in [0, 0.1) is 35.0 Å². The first-order valence-corrected chi connectivity index (χ1v) is 13.2. The summed E-state index contributed by atoms with van der Waals surface area (Å²) in [6.45, 7) is 16.3. The van der Waals surface area contributed by atoms with E-state index in [1.165, 1.54) is 0 Å². The number of carbonyl (C=O) groups is 4. The molecular weight excluding hydrogens is 472 g/mol. The van der Waals surface area contributed by atoms with Gasteiger partial charge in [0.05, 0.1) is 5.41 Å². The van der Waals surface area contributed by atoms with Gasteiger partial charge in [0.25, 0.3) is 0 Å². The van der Waals surface area contributed by atoms with Gasteiger partial charge < -0.3 is 14.6 Å². The molecular formula is C30H30O7. The lowest BCUT2D eigenvalue weighted by Crippen LogP contribution is -2.62. The number of carbonyl (C=O) groups excluding carboxylic acids is 4. The van der Waals surface area contributed by atoms with Crippen molar-refractivity contribution in [3.8, 4) is 0 Å². The lowest BCUT2D eigenvalue weighted by Gasteiger charge is -2.51. The van der Waals surface area contributed by atoms with Crippen LogP contribution < -0.4 is 0 Å². The van der Waals surface area contributed by atoms with Crippen LogP contribution in [0.3, 0.4) is 0 Å². The molecule has 7 heteroatoms. The molecule has 2 heterocycles. The SMILES string of the molecule is C=C1C(=O)OC2C1CCC1=C3C2C(=C)C(=O)C3(O)C2(CC1)C(=O)CC1C(=C)CCC3C(=C)C(=O)OC3C12. The lowest BCUT2D eigenvalue weighted by atomic mass is 9.53. The normalized spacial score (nSPS) is 46.5. The zero-order valence-electron chi connectivity index (χ0n) is 20.7. The molecule has 0 aromatic heterocycles. The Bertz CT molecular complexity index is 1330. The average Bonchev–Trinajstić information content (AvgIpc) is 3.40. The Morgan fingerprint density at radius 3 is 2.11 bits per heavy atom. The maximum Gasteiger partial charge on any atom is 0.334 e. The largest absolute Gasteiger partial charge is 0.458 e. The summed E-state index contributed by atoms with van der Waals surface area (Å²) in [5.74, 6) is -3.92. The van der Waals surface area contributed by atoms with Gasteiger partial charge >= 0.3 is 11.9 Å². The quantitative estimate of drug-likeness (QED) is 0.308. The van der Waals surface area contributed by atoms with Crippen LogP contribution in [-0.4, -0.2) is 46.4 Å². The molecule has 192 valence electrons. The van der Waals surface area contributed by atoms with Crippen LogP contribution in [0.15, 0.2) is 59.8 Å². The average molecular weight is 503 g/mol. The number of allylic oxidation sites excluding steroid dienone is 2. The molecule has 7 rings (SSSR count). The summed E-state index contributed by atoms with van der Waals surface area (Å²) in [5.41, 5.74) is -0.357. The summed E-state index contributed by atoms with van der Waals surface area (Å²) < 4.78 is 11.6. The molecule has 2 saturated heterocycles. The van der Waals surface area contributed by atoms with Crippen molar-refractivity contribution in [3.63, 3.8) is 0 Å². The van der Waals surface area contributed by atoms with Gasteiger partial charge in [-0.3, -0.25) is 9.59 Å². The van der Waals surface area contributed by atoms with Crippen molar-refractivity contribution in [2.45, 2.75) is 62.8 Å². The first-order valence-electron chi connectivity index (χ1n) is 13.2. The van der Waals surface area contributed by atoms with Crippen molar-refractivity contribution in [1.82, 2.24) is 0 Å². The van der Waals surface area contributed by atoms with E-state index in [4.69, 9.17) is 9.47 Å². The lowest BCUT2D eigenvalue weighted by molar-refractivity contribution is -0.169. The molecule has 5 fully saturated rings. The van der Waals surface area contributed by atoms with Gasteiger partial charge in [0.15, 0.2) is 11.4 Å². The van der Waals surface area contributed by atoms with Crippen molar-refractivity contribution in [1.29, 1.82) is 0 Å². The third-order valence-electron chi connectivity index (χ3n) is 10.9. The molecule has 1 N–H and O–H groups in total. The summed E-state index contributed by atoms with van der Waals surface area (Å²) in [7, 11) is 0. The Kier molecular flexibility index (Phi) is 4.41. The van der Waals surface area contributed by atoms with Crippen LogP contribution in [0.2, 0.25) is 0 Å². The summed E-state index contributed by atoms with van der Waals surface area (Å²) in [4.78, 5) is 53.5. The number of fused-ring (bicyclic) bond motifs is 7. The fraction of sp³-hybridized carbons (Fsp3) is 0.533. The third kappa shape index (κ3) is 2.43. The van der Waals surface area contributed by atoms with Crippen molar-refractivity contribution < 1.29 is 33.8 Å². The maximum atomic E-state index is 14.2. The summed E-state index contributed by atoms with van der Waals surface area (Å²) >= 11 is 0. The van der Waals surface area contributed by atoms with Gasteiger partial charge in [-0.25, -0.2) is 9.59 Å². The van der Waals surface area contributed by atoms with Gasteiger partial charge in [0, 0.05) is 46.8 Å². The molecule has 9 atom stereocenters. The fourth-order valence-electron chi connectivity index (χ4n) is 9.21. The highest BCUT2D eigenvalue weighted by atomic mass is 16.6. The molecule has 37 heavy (non-hydrogen) atoms. The molecule has 9 unspecified atom stereocenters. The number of aliphatic hydroxyl groups is 1. The van der Waals surface area contributed by atoms with E-state index in [0.717, 1.165) is 11.1 Å². The molecule has 0 amide bonds. The molecule has 5 aliphatic carbocycles. The third-order valence-corrected chi connectivity index (χ3v) is 10.9. The minimum atomic E-state index is -2.13. The van der Waals surface area contributed by atoms with Crippen LogP contribution in [0.4, 0.5) is 0 Å². The smallest absolute Gasteiger partial charge is 0.334 e. The molecule has 7 aliphatic rings. The standard InChI is InChI=1S/C30H30O7/c1-12-5-7-18-14(3)28(34)37-25(18)23-19(12)11-20(31)29(23)10-9-16-6-8-17-13(2)27(33)36-24(17)21-15(4)26(32)30(29,35)22(16)21/h17-19,21,23-25,35H,1-11H2. The highest BCUT2D eigenvalue weighted by Crippen LogP contribution is 2.69. The van der Waals surface area contributed by atoms with Crippen molar-refractivity contribution in [2.24, 2.45) is 35.0 Å². The van der Waals surface area contributed by atoms with Crippen molar-refractivity contribution in [2.75, 3.05) is 0 Å². The second-order valence-electron chi connectivity index (χ2n) is 12.0. The minimum Gasteiger partial charge on any atom is -0.458 e. The molecule has 0 aromatic rings. The second kappa shape index (κ2) is 7.07. The van der Waals surface area contributed by atoms with E-state index in [1.807, 2.05) is 0 Å². The minimum absolute atomic E-state index is 0.143. The summed E-state index contributed by atoms with van der Waals surface area (Å²) in [5, 5.41) is 12.8. The number of hydrogen-bond donors (Lipinski definition) is 1. The molecule has 0 radical (unpaired) electrons. The Labute approximate surface area is 215 Å². The number of esters is 2. The topological polar surface area (TPSA) is 107 Å².